The maximum Gasteiger partial charge on any atom is 0.459 e. The van der Waals surface area contributed by atoms with Gasteiger partial charge in [0.2, 0.25) is 11.2 Å². The Morgan fingerprint density at radius 1 is 0.696 bits per heavy atom. The second kappa shape index (κ2) is 31.6. The summed E-state index contributed by atoms with van der Waals surface area (Å²) in [6.45, 7) is 23.2. The number of benzene rings is 2. The average molecular weight is 1350 g/mol. The molecule has 0 saturated carbocycles. The Bertz CT molecular complexity index is 3610. The van der Waals surface area contributed by atoms with E-state index in [0.29, 0.717) is 16.7 Å². The number of hydrogen-bond donors (Lipinski definition) is 6. The Kier molecular flexibility index (Phi) is 25.5. The number of para-hydroxylation sites is 2. The number of esters is 2. The van der Waals surface area contributed by atoms with Crippen molar-refractivity contribution >= 4 is 70.8 Å². The highest BCUT2D eigenvalue weighted by molar-refractivity contribution is 7.52. The summed E-state index contributed by atoms with van der Waals surface area (Å²) in [6.07, 6.45) is -0.361. The van der Waals surface area contributed by atoms with Crippen molar-refractivity contribution in [2.24, 2.45) is 17.8 Å². The van der Waals surface area contributed by atoms with Crippen LogP contribution in [0, 0.1) is 40.4 Å². The lowest BCUT2D eigenvalue weighted by molar-refractivity contribution is -0.147. The number of halogens is 1. The first-order valence-corrected chi connectivity index (χ1v) is 36.3. The number of nitrogens with two attached hydrogens (primary N) is 2. The number of aromatic nitrogens is 6. The lowest BCUT2D eigenvalue weighted by Crippen LogP contribution is -2.51. The van der Waals surface area contributed by atoms with E-state index < -0.39 is 102 Å². The molecule has 4 aromatic heterocycles. The SMILES string of the molecule is CCC(CC)COC(=O)[C@H](C)N[P@](=O)(OC[C@H]1O[C@@](C#N)(c2ccc3c(N)ncnn23)[C@H](O)[C@@H]1O)Oc1ccccc1.CCC(CC)COC(=O)[C@H](C)N[P@](=O)(OC[C@H]1O[C@@](C#N)(c2ccc3c(N)ncnn23)[C@H](O[Si](C)(C)C(C)(C)C)[C@@H]1C)Oc1ccccc1.Cl. The van der Waals surface area contributed by atoms with E-state index in [0.717, 1.165) is 25.7 Å². The molecule has 6 heterocycles. The van der Waals surface area contributed by atoms with Gasteiger partial charge in [0.15, 0.2) is 20.0 Å². The van der Waals surface area contributed by atoms with Gasteiger partial charge in [0.05, 0.1) is 50.0 Å². The van der Waals surface area contributed by atoms with Crippen molar-refractivity contribution in [1.29, 1.82) is 10.5 Å². The number of nitrogens with one attached hydrogen (secondary N) is 2. The van der Waals surface area contributed by atoms with Crippen molar-refractivity contribution in [2.75, 3.05) is 37.9 Å². The van der Waals surface area contributed by atoms with Crippen molar-refractivity contribution in [1.82, 2.24) is 39.4 Å². The van der Waals surface area contributed by atoms with Crippen LogP contribution < -0.4 is 30.7 Å². The van der Waals surface area contributed by atoms with Gasteiger partial charge < -0.3 is 54.1 Å². The number of aliphatic hydroxyl groups is 2. The molecule has 27 nitrogen and oxygen atoms in total. The molecule has 92 heavy (non-hydrogen) atoms. The summed E-state index contributed by atoms with van der Waals surface area (Å²) < 4.78 is 84.8. The first kappa shape index (κ1) is 74.4. The Balaban J connectivity index is 0.000000292. The number of hydrogen-bond acceptors (Lipinski definition) is 23. The summed E-state index contributed by atoms with van der Waals surface area (Å²) in [6, 6.07) is 25.4. The maximum atomic E-state index is 14.4. The summed E-state index contributed by atoms with van der Waals surface area (Å²) in [5.74, 6) is -0.395. The molecule has 502 valence electrons. The standard InChI is InChI=1S/C34H51N6O7PSi.C27H35N6O8P.ClH/c1-10-25(11-2)19-43-32(41)24(4)39-48(42,46-26-15-13-12-14-16-26)44-20-28-23(3)30(47-49(8,9)33(5,6)7)34(21-35,45-28)29-18-17-27-31(36)37-22-38-40(27)29;1-4-18(5-2)13-38-26(36)17(3)32-42(37,41-19-9-7-6-8-10-19)39-14-21-23(34)24(35)27(15-28,40-21)22-12-11-20-25(29)30-16-31-33(20)22;/h12-18,22-25,28,30H,10-11,19-20H2,1-9H3,(H,39,42)(H2,36,37,38);6-12,16-18,21,23-24,34-35H,4-5,13-14H2,1-3H3,(H,32,37)(H2,29,30,31);1H/t23-,24+,28-,30-,34+,48+;17-,21+,23+,24+,27-,42-;/m10./s1. The lowest BCUT2D eigenvalue weighted by Gasteiger charge is -2.42. The minimum atomic E-state index is -4.32. The quantitative estimate of drug-likeness (QED) is 0.0151. The molecule has 12 atom stereocenters. The van der Waals surface area contributed by atoms with Crippen LogP contribution in [0.25, 0.3) is 11.0 Å². The molecule has 0 aliphatic carbocycles. The molecule has 0 radical (unpaired) electrons. The number of aliphatic hydroxyl groups excluding tert-OH is 2. The van der Waals surface area contributed by atoms with Crippen LogP contribution >= 0.6 is 27.9 Å². The average Bonchev–Trinajstić information content (AvgIpc) is 1.58. The molecule has 6 aromatic rings. The fraction of sp³-hybridized carbons (Fsp3) is 0.541. The molecule has 8 rings (SSSR count). The number of carbonyl (C=O) groups excluding carboxylic acids is 2. The fourth-order valence-electron chi connectivity index (χ4n) is 10.0. The van der Waals surface area contributed by atoms with E-state index in [2.05, 4.69) is 70.3 Å². The molecule has 2 aromatic carbocycles. The van der Waals surface area contributed by atoms with Gasteiger partial charge in [-0.05, 0) is 92.3 Å². The molecular weight excluding hydrogens is 1270 g/mol. The zero-order valence-electron chi connectivity index (χ0n) is 53.9. The van der Waals surface area contributed by atoms with Crippen LogP contribution in [-0.2, 0) is 62.3 Å². The van der Waals surface area contributed by atoms with Crippen LogP contribution in [0.2, 0.25) is 18.1 Å². The van der Waals surface area contributed by atoms with E-state index >= 15 is 0 Å². The summed E-state index contributed by atoms with van der Waals surface area (Å²) in [5.41, 5.74) is 9.72. The van der Waals surface area contributed by atoms with Gasteiger partial charge in [-0.3, -0.25) is 18.6 Å². The second-order valence-electron chi connectivity index (χ2n) is 24.1. The van der Waals surface area contributed by atoms with Crippen molar-refractivity contribution < 1.29 is 70.4 Å². The zero-order valence-corrected chi connectivity index (χ0v) is 57.5. The first-order chi connectivity index (χ1) is 43.1. The van der Waals surface area contributed by atoms with Crippen LogP contribution in [0.4, 0.5) is 11.6 Å². The number of fused-ring (bicyclic) bond motifs is 2. The third-order valence-electron chi connectivity index (χ3n) is 16.9. The van der Waals surface area contributed by atoms with Crippen LogP contribution in [0.15, 0.2) is 97.6 Å². The number of carbonyl (C=O) groups is 2. The van der Waals surface area contributed by atoms with Gasteiger partial charge in [0.1, 0.15) is 77.7 Å². The number of ether oxygens (including phenoxy) is 4. The summed E-state index contributed by atoms with van der Waals surface area (Å²) in [7, 11) is -11.0. The normalized spacial score (nSPS) is 23.5. The van der Waals surface area contributed by atoms with Crippen LogP contribution in [0.1, 0.15) is 106 Å². The number of anilines is 2. The van der Waals surface area contributed by atoms with Gasteiger partial charge in [-0.25, -0.2) is 28.1 Å². The van der Waals surface area contributed by atoms with Crippen molar-refractivity contribution in [3.05, 3.63) is 109 Å². The summed E-state index contributed by atoms with van der Waals surface area (Å²) >= 11 is 0. The number of nitrogens with zero attached hydrogens (tertiary/aromatic N) is 8. The van der Waals surface area contributed by atoms with Crippen LogP contribution in [0.3, 0.4) is 0 Å². The van der Waals surface area contributed by atoms with E-state index in [1.807, 2.05) is 40.7 Å². The summed E-state index contributed by atoms with van der Waals surface area (Å²) in [5, 5.41) is 56.6. The van der Waals surface area contributed by atoms with Gasteiger partial charge in [-0.15, -0.1) is 12.4 Å². The predicted octanol–water partition coefficient (Wildman–Crippen LogP) is 9.35. The Morgan fingerprint density at radius 2 is 1.10 bits per heavy atom. The van der Waals surface area contributed by atoms with Gasteiger partial charge in [-0.2, -0.15) is 30.9 Å². The highest BCUT2D eigenvalue weighted by atomic mass is 35.5. The highest BCUT2D eigenvalue weighted by Crippen LogP contribution is 2.52. The van der Waals surface area contributed by atoms with Gasteiger partial charge in [-0.1, -0.05) is 117 Å². The van der Waals surface area contributed by atoms with Gasteiger partial charge in [0, 0.05) is 5.92 Å². The summed E-state index contributed by atoms with van der Waals surface area (Å²) in [4.78, 5) is 33.6. The largest absolute Gasteiger partial charge is 0.464 e. The number of rotatable bonds is 28. The Labute approximate surface area is 543 Å². The van der Waals surface area contributed by atoms with E-state index in [1.165, 1.54) is 30.2 Å². The van der Waals surface area contributed by atoms with E-state index in [9.17, 15) is 39.5 Å². The molecule has 31 heteroatoms. The molecule has 0 unspecified atom stereocenters. The topological polar surface area (TPSA) is 376 Å². The molecule has 0 bridgehead atoms. The fourth-order valence-corrected chi connectivity index (χ4v) is 14.4. The number of nitriles is 2. The van der Waals surface area contributed by atoms with Crippen LogP contribution in [0.5, 0.6) is 11.5 Å². The van der Waals surface area contributed by atoms with E-state index in [-0.39, 0.29) is 77.9 Å². The third kappa shape index (κ3) is 16.8. The highest BCUT2D eigenvalue weighted by Gasteiger charge is 2.61. The van der Waals surface area contributed by atoms with Crippen molar-refractivity contribution in [2.45, 2.75) is 167 Å². The molecule has 8 N–H and O–H groups in total. The third-order valence-corrected chi connectivity index (χ3v) is 24.7. The minimum Gasteiger partial charge on any atom is -0.464 e. The second-order valence-corrected chi connectivity index (χ2v) is 32.3. The zero-order chi connectivity index (χ0) is 66.7. The smallest absolute Gasteiger partial charge is 0.459 e. The molecule has 2 fully saturated rings. The van der Waals surface area contributed by atoms with E-state index in [4.69, 9.17) is 52.9 Å². The molecule has 0 spiro atoms. The first-order valence-electron chi connectivity index (χ1n) is 30.3. The monoisotopic (exact) mass is 1350 g/mol. The van der Waals surface area contributed by atoms with Crippen LogP contribution in [-0.4, -0.2) is 129 Å². The molecule has 2 aliphatic rings. The molecule has 0 amide bonds. The van der Waals surface area contributed by atoms with Gasteiger partial charge >= 0.3 is 27.4 Å². The minimum absolute atomic E-state index is 0. The number of nitrogen functional groups attached to an aromatic ring is 2. The predicted molar refractivity (Wildman–Crippen MR) is 346 cm³/mol. The van der Waals surface area contributed by atoms with Crippen molar-refractivity contribution in [3.8, 4) is 23.6 Å². The van der Waals surface area contributed by atoms with E-state index in [1.54, 1.807) is 90.3 Å². The van der Waals surface area contributed by atoms with Gasteiger partial charge in [0.25, 0.3) is 0 Å². The molecule has 2 saturated heterocycles. The lowest BCUT2D eigenvalue weighted by atomic mass is 9.88. The molecule has 2 aliphatic heterocycles. The Hall–Kier alpha value is -6.59. The Morgan fingerprint density at radius 3 is 1.50 bits per heavy atom. The van der Waals surface area contributed by atoms with Crippen molar-refractivity contribution in [3.63, 3.8) is 0 Å². The maximum absolute atomic E-state index is 14.4. The molecular formula is C61H87ClN12O15P2Si.